The number of hydrogen-bond donors (Lipinski definition) is 0. The molecule has 2 aromatic carbocycles. The van der Waals surface area contributed by atoms with Crippen LogP contribution in [0.1, 0.15) is 105 Å². The van der Waals surface area contributed by atoms with E-state index >= 15 is 4.39 Å². The van der Waals surface area contributed by atoms with Crippen molar-refractivity contribution in [2.45, 2.75) is 89.6 Å². The van der Waals surface area contributed by atoms with E-state index in [1.807, 2.05) is 31.2 Å². The smallest absolute Gasteiger partial charge is 0.162 e. The zero-order chi connectivity index (χ0) is 22.7. The Kier molecular flexibility index (Phi) is 7.60. The normalized spacial score (nSPS) is 26.3. The average Bonchev–Trinajstić information content (AvgIpc) is 2.81. The predicted molar refractivity (Wildman–Crippen MR) is 122 cm³/mol. The summed E-state index contributed by atoms with van der Waals surface area (Å²) in [5.41, 5.74) is 2.66. The third kappa shape index (κ3) is 5.06. The second-order valence-corrected chi connectivity index (χ2v) is 9.87. The van der Waals surface area contributed by atoms with Crippen molar-refractivity contribution < 1.29 is 17.9 Å². The highest BCUT2D eigenvalue weighted by Gasteiger charge is 2.29. The molecule has 0 spiro atoms. The molecule has 2 aliphatic carbocycles. The van der Waals surface area contributed by atoms with Gasteiger partial charge in [0.2, 0.25) is 0 Å². The van der Waals surface area contributed by atoms with Crippen LogP contribution in [0.25, 0.3) is 0 Å². The number of benzene rings is 2. The lowest BCUT2D eigenvalue weighted by Gasteiger charge is -2.30. The predicted octanol–water partition coefficient (Wildman–Crippen LogP) is 8.38. The topological polar surface area (TPSA) is 9.23 Å². The number of hydrogen-bond acceptors (Lipinski definition) is 1. The molecular weight excluding hydrogens is 409 g/mol. The fourth-order valence-corrected chi connectivity index (χ4v) is 5.67. The molecule has 0 unspecified atom stereocenters. The van der Waals surface area contributed by atoms with Crippen LogP contribution in [-0.2, 0) is 11.3 Å². The van der Waals surface area contributed by atoms with Crippen LogP contribution in [0, 0.1) is 23.4 Å². The lowest BCUT2D eigenvalue weighted by atomic mass is 9.75. The molecule has 0 atom stereocenters. The fraction of sp³-hybridized carbons (Fsp3) is 0.571. The first kappa shape index (κ1) is 23.4. The van der Waals surface area contributed by atoms with Gasteiger partial charge in [-0.3, -0.25) is 0 Å². The van der Waals surface area contributed by atoms with Gasteiger partial charge in [0.15, 0.2) is 11.6 Å². The van der Waals surface area contributed by atoms with Crippen LogP contribution in [0.15, 0.2) is 30.3 Å². The molecule has 2 aromatic rings. The molecule has 0 radical (unpaired) electrons. The zero-order valence-corrected chi connectivity index (χ0v) is 19.3. The Morgan fingerprint density at radius 2 is 1.28 bits per heavy atom. The summed E-state index contributed by atoms with van der Waals surface area (Å²) in [7, 11) is 0. The lowest BCUT2D eigenvalue weighted by Crippen LogP contribution is -2.16. The minimum Gasteiger partial charge on any atom is -0.377 e. The van der Waals surface area contributed by atoms with Crippen molar-refractivity contribution in [3.8, 4) is 0 Å². The molecule has 2 saturated carbocycles. The van der Waals surface area contributed by atoms with E-state index in [1.165, 1.54) is 0 Å². The molecule has 32 heavy (non-hydrogen) atoms. The summed E-state index contributed by atoms with van der Waals surface area (Å²) in [6.45, 7) is 4.97. The summed E-state index contributed by atoms with van der Waals surface area (Å²) in [5, 5.41) is 0. The van der Waals surface area contributed by atoms with Gasteiger partial charge in [0.1, 0.15) is 5.82 Å². The first-order valence-electron chi connectivity index (χ1n) is 12.3. The first-order chi connectivity index (χ1) is 15.5. The van der Waals surface area contributed by atoms with Gasteiger partial charge in [-0.2, -0.15) is 0 Å². The fourth-order valence-electron chi connectivity index (χ4n) is 5.67. The van der Waals surface area contributed by atoms with Crippen LogP contribution in [0.4, 0.5) is 13.2 Å². The average molecular weight is 445 g/mol. The Hall–Kier alpha value is -1.81. The van der Waals surface area contributed by atoms with Crippen molar-refractivity contribution in [2.24, 2.45) is 5.92 Å². The second kappa shape index (κ2) is 10.4. The highest BCUT2D eigenvalue weighted by atomic mass is 19.2. The van der Waals surface area contributed by atoms with Crippen molar-refractivity contribution in [1.82, 2.24) is 0 Å². The van der Waals surface area contributed by atoms with Crippen LogP contribution in [0.3, 0.4) is 0 Å². The summed E-state index contributed by atoms with van der Waals surface area (Å²) in [5.74, 6) is -0.374. The third-order valence-electron chi connectivity index (χ3n) is 7.77. The Morgan fingerprint density at radius 1 is 0.750 bits per heavy atom. The number of halogens is 3. The molecule has 4 rings (SSSR count). The van der Waals surface area contributed by atoms with Crippen LogP contribution < -0.4 is 0 Å². The number of rotatable bonds is 6. The Balaban J connectivity index is 1.41. The van der Waals surface area contributed by atoms with E-state index in [0.717, 1.165) is 56.9 Å². The molecule has 4 heteroatoms. The maximum atomic E-state index is 15.1. The molecule has 0 aliphatic heterocycles. The largest absolute Gasteiger partial charge is 0.377 e. The molecular formula is C28H35F3O. The van der Waals surface area contributed by atoms with Gasteiger partial charge in [0, 0.05) is 12.2 Å². The van der Waals surface area contributed by atoms with Crippen LogP contribution >= 0.6 is 0 Å². The van der Waals surface area contributed by atoms with Crippen molar-refractivity contribution in [2.75, 3.05) is 6.61 Å². The van der Waals surface area contributed by atoms with Crippen LogP contribution in [0.2, 0.25) is 0 Å². The van der Waals surface area contributed by atoms with Crippen LogP contribution in [-0.4, -0.2) is 6.61 Å². The standard InChI is InChI=1S/C28H35F3O/c1-3-32-17-23-13-12-22(16-26(23)29)19-8-10-21(11-9-19)25-15-14-24(27(30)28(25)31)20-6-4-18(2)5-7-20/h12-16,18-21H,3-11,17H2,1-2H3. The highest BCUT2D eigenvalue weighted by Crippen LogP contribution is 2.43. The molecule has 0 heterocycles. The Morgan fingerprint density at radius 3 is 1.81 bits per heavy atom. The zero-order valence-electron chi connectivity index (χ0n) is 19.3. The van der Waals surface area contributed by atoms with Crippen molar-refractivity contribution in [3.05, 3.63) is 70.0 Å². The summed E-state index contributed by atoms with van der Waals surface area (Å²) in [4.78, 5) is 0. The summed E-state index contributed by atoms with van der Waals surface area (Å²) < 4.78 is 49.8. The van der Waals surface area contributed by atoms with Crippen molar-refractivity contribution in [3.63, 3.8) is 0 Å². The molecule has 2 aliphatic rings. The molecule has 1 nitrogen and oxygen atoms in total. The molecule has 174 valence electrons. The number of ether oxygens (including phenoxy) is 1. The maximum Gasteiger partial charge on any atom is 0.162 e. The van der Waals surface area contributed by atoms with E-state index in [2.05, 4.69) is 6.92 Å². The Bertz CT molecular complexity index is 909. The minimum absolute atomic E-state index is 0.0308. The highest BCUT2D eigenvalue weighted by molar-refractivity contribution is 5.33. The van der Waals surface area contributed by atoms with Gasteiger partial charge in [-0.05, 0) is 91.9 Å². The Labute approximate surface area is 190 Å². The van der Waals surface area contributed by atoms with E-state index in [4.69, 9.17) is 4.74 Å². The third-order valence-corrected chi connectivity index (χ3v) is 7.77. The maximum absolute atomic E-state index is 15.1. The van der Waals surface area contributed by atoms with Gasteiger partial charge in [-0.15, -0.1) is 0 Å². The summed E-state index contributed by atoms with van der Waals surface area (Å²) in [6.07, 6.45) is 7.38. The van der Waals surface area contributed by atoms with E-state index in [-0.39, 0.29) is 30.2 Å². The molecule has 0 saturated heterocycles. The van der Waals surface area contributed by atoms with E-state index in [0.29, 0.717) is 29.2 Å². The molecule has 0 N–H and O–H groups in total. The van der Waals surface area contributed by atoms with E-state index < -0.39 is 11.6 Å². The van der Waals surface area contributed by atoms with Crippen molar-refractivity contribution >= 4 is 0 Å². The van der Waals surface area contributed by atoms with Gasteiger partial charge in [0.25, 0.3) is 0 Å². The second-order valence-electron chi connectivity index (χ2n) is 9.87. The minimum atomic E-state index is -0.643. The van der Waals surface area contributed by atoms with E-state index in [9.17, 15) is 8.78 Å². The van der Waals surface area contributed by atoms with Gasteiger partial charge < -0.3 is 4.74 Å². The SMILES string of the molecule is CCOCc1ccc(C2CCC(c3ccc(C4CCC(C)CC4)c(F)c3F)CC2)cc1F. The summed E-state index contributed by atoms with van der Waals surface area (Å²) >= 11 is 0. The van der Waals surface area contributed by atoms with Crippen molar-refractivity contribution in [1.29, 1.82) is 0 Å². The van der Waals surface area contributed by atoms with Gasteiger partial charge >= 0.3 is 0 Å². The van der Waals surface area contributed by atoms with Gasteiger partial charge in [-0.1, -0.05) is 44.0 Å². The van der Waals surface area contributed by atoms with Crippen LogP contribution in [0.5, 0.6) is 0 Å². The monoisotopic (exact) mass is 444 g/mol. The van der Waals surface area contributed by atoms with E-state index in [1.54, 1.807) is 6.07 Å². The lowest BCUT2D eigenvalue weighted by molar-refractivity contribution is 0.131. The van der Waals surface area contributed by atoms with Gasteiger partial charge in [0.05, 0.1) is 6.61 Å². The quantitative estimate of drug-likeness (QED) is 0.435. The summed E-state index contributed by atoms with van der Waals surface area (Å²) in [6, 6.07) is 9.10. The first-order valence-corrected chi connectivity index (χ1v) is 12.3. The van der Waals surface area contributed by atoms with Gasteiger partial charge in [-0.25, -0.2) is 13.2 Å². The molecule has 0 aromatic heterocycles. The molecule has 0 amide bonds. The molecule has 0 bridgehead atoms. The molecule has 2 fully saturated rings.